The van der Waals surface area contributed by atoms with Crippen LogP contribution in [-0.4, -0.2) is 18.7 Å². The summed E-state index contributed by atoms with van der Waals surface area (Å²) >= 11 is 0. The number of fused-ring (bicyclic) bond motifs is 2. The number of morpholine rings is 1. The summed E-state index contributed by atoms with van der Waals surface area (Å²) in [6.07, 6.45) is 7.85. The Morgan fingerprint density at radius 2 is 1.90 bits per heavy atom. The van der Waals surface area contributed by atoms with Gasteiger partial charge in [-0.1, -0.05) is 31.4 Å². The van der Waals surface area contributed by atoms with Crippen LogP contribution in [0.25, 0.3) is 0 Å². The van der Waals surface area contributed by atoms with E-state index in [4.69, 9.17) is 4.74 Å². The molecule has 1 unspecified atom stereocenters. The third-order valence-corrected chi connectivity index (χ3v) is 5.42. The van der Waals surface area contributed by atoms with E-state index in [1.165, 1.54) is 19.3 Å². The predicted octanol–water partition coefficient (Wildman–Crippen LogP) is 3.29. The Hall–Kier alpha value is -0.930. The molecule has 3 aliphatic rings. The van der Waals surface area contributed by atoms with E-state index in [9.17, 15) is 4.39 Å². The number of hydrogen-bond donors (Lipinski definition) is 1. The van der Waals surface area contributed by atoms with Crippen molar-refractivity contribution in [3.05, 3.63) is 35.1 Å². The zero-order chi connectivity index (χ0) is 13.6. The van der Waals surface area contributed by atoms with E-state index in [1.54, 1.807) is 6.07 Å². The van der Waals surface area contributed by atoms with Gasteiger partial charge in [0.25, 0.3) is 0 Å². The first-order valence-corrected chi connectivity index (χ1v) is 7.92. The van der Waals surface area contributed by atoms with Gasteiger partial charge in [-0.15, -0.1) is 0 Å². The van der Waals surface area contributed by atoms with Gasteiger partial charge in [-0.25, -0.2) is 4.39 Å². The second-order valence-corrected chi connectivity index (χ2v) is 6.71. The minimum Gasteiger partial charge on any atom is -0.361 e. The molecule has 1 N–H and O–H groups in total. The summed E-state index contributed by atoms with van der Waals surface area (Å²) in [7, 11) is 0. The van der Waals surface area contributed by atoms with Gasteiger partial charge in [-0.2, -0.15) is 0 Å². The molecule has 1 saturated heterocycles. The maximum absolute atomic E-state index is 14.0. The molecule has 0 bridgehead atoms. The first-order valence-electron chi connectivity index (χ1n) is 7.92. The molecular weight excluding hydrogens is 253 g/mol. The van der Waals surface area contributed by atoms with Crippen LogP contribution in [-0.2, 0) is 16.8 Å². The molecule has 1 atom stereocenters. The van der Waals surface area contributed by atoms with Crippen molar-refractivity contribution in [2.45, 2.75) is 56.1 Å². The number of nitrogens with one attached hydrogen (secondary N) is 1. The third kappa shape index (κ3) is 1.83. The van der Waals surface area contributed by atoms with E-state index in [1.807, 2.05) is 6.07 Å². The van der Waals surface area contributed by atoms with Gasteiger partial charge in [0.1, 0.15) is 11.4 Å². The topological polar surface area (TPSA) is 21.3 Å². The highest BCUT2D eigenvalue weighted by Crippen LogP contribution is 2.47. The largest absolute Gasteiger partial charge is 0.361 e. The fraction of sp³-hybridized carbons (Fsp3) is 0.647. The maximum atomic E-state index is 14.0. The molecule has 108 valence electrons. The van der Waals surface area contributed by atoms with Crippen molar-refractivity contribution in [2.75, 3.05) is 13.1 Å². The smallest absolute Gasteiger partial charge is 0.126 e. The minimum atomic E-state index is -0.285. The van der Waals surface area contributed by atoms with Crippen LogP contribution in [0.2, 0.25) is 0 Å². The van der Waals surface area contributed by atoms with Crippen molar-refractivity contribution >= 4 is 0 Å². The molecule has 1 aromatic rings. The summed E-state index contributed by atoms with van der Waals surface area (Å²) in [6.45, 7) is 1.78. The lowest BCUT2D eigenvalue weighted by atomic mass is 9.81. The number of halogens is 1. The van der Waals surface area contributed by atoms with Gasteiger partial charge in [0, 0.05) is 13.1 Å². The van der Waals surface area contributed by atoms with Crippen LogP contribution in [0.3, 0.4) is 0 Å². The predicted molar refractivity (Wildman–Crippen MR) is 76.2 cm³/mol. The first kappa shape index (κ1) is 12.8. The van der Waals surface area contributed by atoms with E-state index in [2.05, 4.69) is 11.4 Å². The Morgan fingerprint density at radius 1 is 1.05 bits per heavy atom. The van der Waals surface area contributed by atoms with Gasteiger partial charge in [0.05, 0.1) is 5.60 Å². The lowest BCUT2D eigenvalue weighted by Gasteiger charge is -2.49. The van der Waals surface area contributed by atoms with E-state index in [0.29, 0.717) is 0 Å². The van der Waals surface area contributed by atoms with E-state index in [0.717, 1.165) is 49.9 Å². The van der Waals surface area contributed by atoms with Crippen LogP contribution in [0.15, 0.2) is 18.2 Å². The molecule has 1 saturated carbocycles. The maximum Gasteiger partial charge on any atom is 0.126 e. The van der Waals surface area contributed by atoms with Crippen molar-refractivity contribution in [1.82, 2.24) is 5.32 Å². The highest BCUT2D eigenvalue weighted by molar-refractivity contribution is 5.39. The van der Waals surface area contributed by atoms with Crippen molar-refractivity contribution in [2.24, 2.45) is 0 Å². The van der Waals surface area contributed by atoms with Crippen molar-refractivity contribution in [3.8, 4) is 0 Å². The van der Waals surface area contributed by atoms with Crippen LogP contribution in [0.4, 0.5) is 4.39 Å². The summed E-state index contributed by atoms with van der Waals surface area (Å²) in [5, 5.41) is 3.59. The van der Waals surface area contributed by atoms with Crippen molar-refractivity contribution < 1.29 is 9.13 Å². The quantitative estimate of drug-likeness (QED) is 0.784. The minimum absolute atomic E-state index is 0.00950. The van der Waals surface area contributed by atoms with E-state index < -0.39 is 0 Å². The van der Waals surface area contributed by atoms with Crippen molar-refractivity contribution in [3.63, 3.8) is 0 Å². The number of ether oxygens (including phenoxy) is 1. The number of rotatable bonds is 0. The number of hydrogen-bond acceptors (Lipinski definition) is 2. The zero-order valence-corrected chi connectivity index (χ0v) is 11.9. The Balaban J connectivity index is 1.71. The van der Waals surface area contributed by atoms with Crippen molar-refractivity contribution in [1.29, 1.82) is 0 Å². The monoisotopic (exact) mass is 275 g/mol. The van der Waals surface area contributed by atoms with Crippen LogP contribution < -0.4 is 5.32 Å². The van der Waals surface area contributed by atoms with Crippen LogP contribution in [0.5, 0.6) is 0 Å². The third-order valence-electron chi connectivity index (χ3n) is 5.42. The zero-order valence-electron chi connectivity index (χ0n) is 11.9. The molecule has 0 amide bonds. The van der Waals surface area contributed by atoms with E-state index >= 15 is 0 Å². The van der Waals surface area contributed by atoms with Crippen LogP contribution in [0, 0.1) is 5.82 Å². The standard InChI is InChI=1S/C17H22FNO/c18-15-6-4-5-14-13(15)7-10-17(14)12-19-11-16(20-17)8-2-1-3-9-16/h4-6,19H,1-3,7-12H2. The SMILES string of the molecule is Fc1cccc2c1CCC21CNCC2(CCCCC2)O1. The molecule has 1 heterocycles. The summed E-state index contributed by atoms with van der Waals surface area (Å²) in [6, 6.07) is 5.46. The molecule has 0 radical (unpaired) electrons. The fourth-order valence-electron chi connectivity index (χ4n) is 4.44. The molecule has 2 spiro atoms. The average Bonchev–Trinajstić information content (AvgIpc) is 2.80. The molecule has 4 rings (SSSR count). The second-order valence-electron chi connectivity index (χ2n) is 6.71. The summed E-state index contributed by atoms with van der Waals surface area (Å²) < 4.78 is 20.7. The first-order chi connectivity index (χ1) is 9.73. The van der Waals surface area contributed by atoms with Gasteiger partial charge in [-0.05, 0) is 42.9 Å². The van der Waals surface area contributed by atoms with Gasteiger partial charge in [-0.3, -0.25) is 0 Å². The normalized spacial score (nSPS) is 31.6. The van der Waals surface area contributed by atoms with Gasteiger partial charge < -0.3 is 10.1 Å². The Labute approximate surface area is 119 Å². The average molecular weight is 275 g/mol. The summed E-state index contributed by atoms with van der Waals surface area (Å²) in [5.41, 5.74) is 1.68. The van der Waals surface area contributed by atoms with Crippen LogP contribution >= 0.6 is 0 Å². The second kappa shape index (κ2) is 4.54. The molecule has 2 aliphatic carbocycles. The highest BCUT2D eigenvalue weighted by Gasteiger charge is 2.50. The number of benzene rings is 1. The Kier molecular flexibility index (Phi) is 2.90. The molecule has 2 nitrogen and oxygen atoms in total. The molecule has 2 fully saturated rings. The molecular formula is C17H22FNO. The summed E-state index contributed by atoms with van der Waals surface area (Å²) in [5.74, 6) is -0.0637. The molecule has 1 aromatic carbocycles. The lowest BCUT2D eigenvalue weighted by Crippen LogP contribution is -2.58. The summed E-state index contributed by atoms with van der Waals surface area (Å²) in [4.78, 5) is 0. The van der Waals surface area contributed by atoms with Gasteiger partial charge >= 0.3 is 0 Å². The molecule has 20 heavy (non-hydrogen) atoms. The van der Waals surface area contributed by atoms with Gasteiger partial charge in [0.15, 0.2) is 0 Å². The van der Waals surface area contributed by atoms with Gasteiger partial charge in [0.2, 0.25) is 0 Å². The Bertz CT molecular complexity index is 518. The highest BCUT2D eigenvalue weighted by atomic mass is 19.1. The van der Waals surface area contributed by atoms with E-state index in [-0.39, 0.29) is 17.0 Å². The lowest BCUT2D eigenvalue weighted by molar-refractivity contribution is -0.195. The fourth-order valence-corrected chi connectivity index (χ4v) is 4.44. The Morgan fingerprint density at radius 3 is 2.75 bits per heavy atom. The van der Waals surface area contributed by atoms with Crippen LogP contribution in [0.1, 0.15) is 49.7 Å². The molecule has 1 aliphatic heterocycles. The molecule has 0 aromatic heterocycles. The molecule has 3 heteroatoms.